The molecule has 3 aromatic rings. The number of fused-ring (bicyclic) bond motifs is 2. The lowest BCUT2D eigenvalue weighted by Gasteiger charge is -2.09. The van der Waals surface area contributed by atoms with Crippen LogP contribution in [0, 0.1) is 5.92 Å². The lowest BCUT2D eigenvalue weighted by molar-refractivity contribution is -0.138. The topological polar surface area (TPSA) is 43.4 Å². The Morgan fingerprint density at radius 3 is 2.64 bits per heavy atom. The van der Waals surface area contributed by atoms with Crippen LogP contribution in [0.5, 0.6) is 5.75 Å². The van der Waals surface area contributed by atoms with Gasteiger partial charge in [0.05, 0.1) is 5.92 Å². The fraction of sp³-hybridized carbons (Fsp3) is 0.222. The number of hydrogen-bond acceptors (Lipinski definition) is 4. The third-order valence-corrected chi connectivity index (χ3v) is 4.93. The van der Waals surface area contributed by atoms with Crippen molar-refractivity contribution < 1.29 is 9.53 Å². The van der Waals surface area contributed by atoms with Crippen molar-refractivity contribution in [1.29, 1.82) is 0 Å². The first kappa shape index (κ1) is 14.7. The summed E-state index contributed by atoms with van der Waals surface area (Å²) in [4.78, 5) is 24.5. The van der Waals surface area contributed by atoms with Gasteiger partial charge in [-0.3, -0.25) is 9.59 Å². The molecule has 1 unspecified atom stereocenters. The average molecular weight is 312 g/mol. The zero-order valence-electron chi connectivity index (χ0n) is 12.5. The molecular formula is C18H16O3S. The van der Waals surface area contributed by atoms with E-state index in [0.717, 1.165) is 15.8 Å². The van der Waals surface area contributed by atoms with Gasteiger partial charge >= 0.3 is 5.97 Å². The Bertz CT molecular complexity index is 911. The zero-order chi connectivity index (χ0) is 15.7. The predicted octanol–water partition coefficient (Wildman–Crippen LogP) is 4.37. The molecule has 0 bridgehead atoms. The van der Waals surface area contributed by atoms with Gasteiger partial charge < -0.3 is 4.74 Å². The Morgan fingerprint density at radius 2 is 1.86 bits per heavy atom. The van der Waals surface area contributed by atoms with Gasteiger partial charge in [0.15, 0.2) is 5.43 Å². The van der Waals surface area contributed by atoms with Gasteiger partial charge in [-0.15, -0.1) is 11.3 Å². The first-order chi connectivity index (χ1) is 10.6. The van der Waals surface area contributed by atoms with Crippen LogP contribution >= 0.6 is 11.3 Å². The maximum atomic E-state index is 12.6. The number of benzene rings is 2. The predicted molar refractivity (Wildman–Crippen MR) is 90.7 cm³/mol. The van der Waals surface area contributed by atoms with Crippen molar-refractivity contribution in [2.24, 2.45) is 5.92 Å². The van der Waals surface area contributed by atoms with E-state index in [1.54, 1.807) is 23.5 Å². The summed E-state index contributed by atoms with van der Waals surface area (Å²) in [5.74, 6) is 0.0120. The number of ether oxygens (including phenoxy) is 1. The number of esters is 1. The molecule has 0 aliphatic rings. The first-order valence-electron chi connectivity index (χ1n) is 7.27. The van der Waals surface area contributed by atoms with E-state index in [1.807, 2.05) is 44.2 Å². The SMILES string of the molecule is CCC(C)C(=O)Oc1ccc2sc3ccccc3c(=O)c2c1. The summed E-state index contributed by atoms with van der Waals surface area (Å²) in [6.45, 7) is 3.77. The first-order valence-corrected chi connectivity index (χ1v) is 8.09. The van der Waals surface area contributed by atoms with Gasteiger partial charge in [0.1, 0.15) is 5.75 Å². The monoisotopic (exact) mass is 312 g/mol. The van der Waals surface area contributed by atoms with Crippen LogP contribution in [-0.2, 0) is 4.79 Å². The van der Waals surface area contributed by atoms with E-state index in [0.29, 0.717) is 16.5 Å². The zero-order valence-corrected chi connectivity index (χ0v) is 13.3. The molecule has 2 aromatic carbocycles. The quantitative estimate of drug-likeness (QED) is 0.410. The molecule has 0 radical (unpaired) electrons. The van der Waals surface area contributed by atoms with E-state index in [-0.39, 0.29) is 17.3 Å². The maximum absolute atomic E-state index is 12.6. The summed E-state index contributed by atoms with van der Waals surface area (Å²) in [6, 6.07) is 12.8. The highest BCUT2D eigenvalue weighted by atomic mass is 32.1. The van der Waals surface area contributed by atoms with Gasteiger partial charge in [-0.05, 0) is 36.8 Å². The molecule has 0 fully saturated rings. The molecular weight excluding hydrogens is 296 g/mol. The largest absolute Gasteiger partial charge is 0.426 e. The smallest absolute Gasteiger partial charge is 0.314 e. The summed E-state index contributed by atoms with van der Waals surface area (Å²) >= 11 is 1.56. The van der Waals surface area contributed by atoms with Crippen LogP contribution in [0.25, 0.3) is 20.2 Å². The summed E-state index contributed by atoms with van der Waals surface area (Å²) < 4.78 is 7.23. The standard InChI is InChI=1S/C18H16O3S/c1-3-11(2)18(20)21-12-8-9-16-14(10-12)17(19)13-6-4-5-7-15(13)22-16/h4-11H,3H2,1-2H3. The second-order valence-electron chi connectivity index (χ2n) is 5.32. The van der Waals surface area contributed by atoms with Gasteiger partial charge in [0.2, 0.25) is 0 Å². The Hall–Kier alpha value is -2.20. The molecule has 0 aliphatic carbocycles. The molecule has 0 saturated heterocycles. The van der Waals surface area contributed by atoms with E-state index in [9.17, 15) is 9.59 Å². The van der Waals surface area contributed by atoms with E-state index >= 15 is 0 Å². The summed E-state index contributed by atoms with van der Waals surface area (Å²) in [5.41, 5.74) is -0.0224. The van der Waals surface area contributed by atoms with E-state index in [4.69, 9.17) is 4.74 Å². The number of rotatable bonds is 3. The highest BCUT2D eigenvalue weighted by Gasteiger charge is 2.14. The minimum absolute atomic E-state index is 0.0224. The third kappa shape index (κ3) is 2.62. The molecule has 1 heterocycles. The van der Waals surface area contributed by atoms with Crippen molar-refractivity contribution in [2.75, 3.05) is 0 Å². The number of carbonyl (C=O) groups is 1. The number of carbonyl (C=O) groups excluding carboxylic acids is 1. The van der Waals surface area contributed by atoms with Crippen LogP contribution in [0.4, 0.5) is 0 Å². The van der Waals surface area contributed by atoms with Gasteiger partial charge in [0.25, 0.3) is 0 Å². The molecule has 0 amide bonds. The van der Waals surface area contributed by atoms with Crippen molar-refractivity contribution >= 4 is 37.5 Å². The Labute approximate surface area is 132 Å². The summed E-state index contributed by atoms with van der Waals surface area (Å²) in [7, 11) is 0. The van der Waals surface area contributed by atoms with E-state index in [1.165, 1.54) is 0 Å². The maximum Gasteiger partial charge on any atom is 0.314 e. The van der Waals surface area contributed by atoms with Crippen LogP contribution in [0.15, 0.2) is 47.3 Å². The lowest BCUT2D eigenvalue weighted by Crippen LogP contribution is -2.17. The molecule has 3 nitrogen and oxygen atoms in total. The van der Waals surface area contributed by atoms with Crippen molar-refractivity contribution in [2.45, 2.75) is 20.3 Å². The normalized spacial score (nSPS) is 12.5. The van der Waals surface area contributed by atoms with Crippen molar-refractivity contribution in [1.82, 2.24) is 0 Å². The van der Waals surface area contributed by atoms with Gasteiger partial charge in [-0.25, -0.2) is 0 Å². The van der Waals surface area contributed by atoms with Gasteiger partial charge in [-0.2, -0.15) is 0 Å². The van der Waals surface area contributed by atoms with Gasteiger partial charge in [0, 0.05) is 20.2 Å². The summed E-state index contributed by atoms with van der Waals surface area (Å²) in [6.07, 6.45) is 0.728. The van der Waals surface area contributed by atoms with Crippen LogP contribution < -0.4 is 10.2 Å². The minimum Gasteiger partial charge on any atom is -0.426 e. The molecule has 0 aliphatic heterocycles. The minimum atomic E-state index is -0.265. The fourth-order valence-electron chi connectivity index (χ4n) is 2.23. The Morgan fingerprint density at radius 1 is 1.14 bits per heavy atom. The third-order valence-electron chi connectivity index (χ3n) is 3.78. The van der Waals surface area contributed by atoms with Crippen LogP contribution in [0.2, 0.25) is 0 Å². The Balaban J connectivity index is 2.10. The molecule has 0 spiro atoms. The molecule has 3 rings (SSSR count). The van der Waals surface area contributed by atoms with Crippen LogP contribution in [0.1, 0.15) is 20.3 Å². The van der Waals surface area contributed by atoms with Crippen LogP contribution in [0.3, 0.4) is 0 Å². The molecule has 22 heavy (non-hydrogen) atoms. The van der Waals surface area contributed by atoms with Crippen molar-refractivity contribution in [3.63, 3.8) is 0 Å². The molecule has 4 heteroatoms. The second kappa shape index (κ2) is 5.89. The van der Waals surface area contributed by atoms with Crippen LogP contribution in [-0.4, -0.2) is 5.97 Å². The molecule has 112 valence electrons. The van der Waals surface area contributed by atoms with Crippen molar-refractivity contribution in [3.05, 3.63) is 52.7 Å². The molecule has 0 saturated carbocycles. The molecule has 0 N–H and O–H groups in total. The average Bonchev–Trinajstić information content (AvgIpc) is 2.55. The highest BCUT2D eigenvalue weighted by molar-refractivity contribution is 7.24. The highest BCUT2D eigenvalue weighted by Crippen LogP contribution is 2.27. The summed E-state index contributed by atoms with van der Waals surface area (Å²) in [5, 5.41) is 1.29. The van der Waals surface area contributed by atoms with Gasteiger partial charge in [-0.1, -0.05) is 26.0 Å². The molecule has 1 aromatic heterocycles. The number of hydrogen-bond donors (Lipinski definition) is 0. The Kier molecular flexibility index (Phi) is 3.94. The lowest BCUT2D eigenvalue weighted by atomic mass is 10.1. The van der Waals surface area contributed by atoms with E-state index < -0.39 is 0 Å². The van der Waals surface area contributed by atoms with Crippen molar-refractivity contribution in [3.8, 4) is 5.75 Å². The fourth-order valence-corrected chi connectivity index (χ4v) is 3.28. The molecule has 1 atom stereocenters. The van der Waals surface area contributed by atoms with E-state index in [2.05, 4.69) is 0 Å². The second-order valence-corrected chi connectivity index (χ2v) is 6.40.